The number of H-pyrrole nitrogens is 1. The summed E-state index contributed by atoms with van der Waals surface area (Å²) in [6.45, 7) is 8.68. The topological polar surface area (TPSA) is 115 Å². The second kappa shape index (κ2) is 12.7. The van der Waals surface area contributed by atoms with Crippen LogP contribution in [0.1, 0.15) is 78.0 Å². The minimum Gasteiger partial charge on any atom is -0.341 e. The average Bonchev–Trinajstić information content (AvgIpc) is 3.39. The lowest BCUT2D eigenvalue weighted by Gasteiger charge is -2.38. The number of aromatic nitrogens is 2. The van der Waals surface area contributed by atoms with E-state index in [0.717, 1.165) is 11.1 Å². The smallest absolute Gasteiger partial charge is 0.267 e. The molecule has 2 heterocycles. The molecule has 4 atom stereocenters. The van der Waals surface area contributed by atoms with E-state index in [4.69, 9.17) is 0 Å². The largest absolute Gasteiger partial charge is 0.341 e. The van der Waals surface area contributed by atoms with E-state index in [1.54, 1.807) is 61.0 Å². The Labute approximate surface area is 245 Å². The van der Waals surface area contributed by atoms with E-state index in [9.17, 15) is 23.6 Å². The molecule has 3 amide bonds. The third-order valence-corrected chi connectivity index (χ3v) is 8.29. The number of nitrogens with one attached hydrogen (secondary N) is 2. The zero-order valence-electron chi connectivity index (χ0n) is 24.9. The number of aromatic amines is 1. The van der Waals surface area contributed by atoms with Crippen molar-refractivity contribution in [3.8, 4) is 0 Å². The summed E-state index contributed by atoms with van der Waals surface area (Å²) in [6.07, 6.45) is 1.63. The Bertz CT molecular complexity index is 1550. The molecule has 2 N–H and O–H groups in total. The number of likely N-dealkylation sites (N-methyl/N-ethyl adjacent to an activating group) is 1. The molecule has 1 aromatic heterocycles. The van der Waals surface area contributed by atoms with E-state index >= 15 is 0 Å². The second-order valence-electron chi connectivity index (χ2n) is 11.2. The number of halogens is 1. The molecule has 42 heavy (non-hydrogen) atoms. The summed E-state index contributed by atoms with van der Waals surface area (Å²) in [4.78, 5) is 54.8. The van der Waals surface area contributed by atoms with E-state index in [1.807, 2.05) is 19.9 Å². The van der Waals surface area contributed by atoms with Gasteiger partial charge in [0.05, 0.1) is 17.8 Å². The number of carbonyl (C=O) groups is 3. The van der Waals surface area contributed by atoms with Gasteiger partial charge in [-0.15, -0.1) is 0 Å². The van der Waals surface area contributed by atoms with Crippen LogP contribution in [0.3, 0.4) is 0 Å². The van der Waals surface area contributed by atoms with Crippen molar-refractivity contribution in [2.45, 2.75) is 78.0 Å². The summed E-state index contributed by atoms with van der Waals surface area (Å²) in [5.41, 5.74) is 3.83. The van der Waals surface area contributed by atoms with Crippen LogP contribution in [0.2, 0.25) is 0 Å². The average molecular weight is 576 g/mol. The fourth-order valence-corrected chi connectivity index (χ4v) is 5.71. The van der Waals surface area contributed by atoms with Crippen molar-refractivity contribution in [2.75, 3.05) is 7.05 Å². The quantitative estimate of drug-likeness (QED) is 0.424. The molecule has 0 saturated carbocycles. The Morgan fingerprint density at radius 2 is 1.83 bits per heavy atom. The fourth-order valence-electron chi connectivity index (χ4n) is 5.71. The summed E-state index contributed by atoms with van der Waals surface area (Å²) < 4.78 is 14.1. The predicted octanol–water partition coefficient (Wildman–Crippen LogP) is 3.83. The molecule has 1 aliphatic rings. The Morgan fingerprint density at radius 1 is 1.10 bits per heavy atom. The molecule has 0 spiro atoms. The van der Waals surface area contributed by atoms with Crippen LogP contribution >= 0.6 is 0 Å². The highest BCUT2D eigenvalue weighted by Gasteiger charge is 2.43. The van der Waals surface area contributed by atoms with E-state index in [-0.39, 0.29) is 41.3 Å². The van der Waals surface area contributed by atoms with Gasteiger partial charge in [0.25, 0.3) is 11.5 Å². The van der Waals surface area contributed by atoms with Crippen LogP contribution in [0.4, 0.5) is 4.39 Å². The molecule has 4 rings (SSSR count). The van der Waals surface area contributed by atoms with E-state index < -0.39 is 11.9 Å². The lowest BCUT2D eigenvalue weighted by Crippen LogP contribution is -2.54. The molecular formula is C32H38FN5O4. The number of hydrogen-bond donors (Lipinski definition) is 2. The molecule has 0 radical (unpaired) electrons. The third-order valence-electron chi connectivity index (χ3n) is 8.29. The van der Waals surface area contributed by atoms with Gasteiger partial charge in [0.15, 0.2) is 0 Å². The van der Waals surface area contributed by atoms with Crippen LogP contribution in [0, 0.1) is 19.7 Å². The van der Waals surface area contributed by atoms with Crippen molar-refractivity contribution in [1.82, 2.24) is 25.3 Å². The maximum absolute atomic E-state index is 14.1. The molecule has 222 valence electrons. The monoisotopic (exact) mass is 575 g/mol. The maximum Gasteiger partial charge on any atom is 0.267 e. The highest BCUT2D eigenvalue weighted by atomic mass is 19.1. The summed E-state index contributed by atoms with van der Waals surface area (Å²) in [6, 6.07) is 11.3. The number of carbonyl (C=O) groups excluding carboxylic acids is 3. The number of rotatable bonds is 8. The highest BCUT2D eigenvalue weighted by molar-refractivity contribution is 5.97. The third kappa shape index (κ3) is 6.58. The van der Waals surface area contributed by atoms with Crippen LogP contribution in [0.25, 0.3) is 0 Å². The first-order valence-electron chi connectivity index (χ1n) is 14.1. The van der Waals surface area contributed by atoms with Crippen molar-refractivity contribution < 1.29 is 18.8 Å². The molecule has 1 aliphatic heterocycles. The minimum atomic E-state index is -0.873. The van der Waals surface area contributed by atoms with Gasteiger partial charge >= 0.3 is 0 Å². The number of likely N-dealkylation sites (tertiary alicyclic amines) is 1. The summed E-state index contributed by atoms with van der Waals surface area (Å²) in [5, 5.41) is 9.23. The molecule has 1 fully saturated rings. The van der Waals surface area contributed by atoms with Crippen LogP contribution in [-0.4, -0.2) is 62.9 Å². The molecule has 9 nitrogen and oxygen atoms in total. The second-order valence-corrected chi connectivity index (χ2v) is 11.2. The highest BCUT2D eigenvalue weighted by Crippen LogP contribution is 2.39. The Morgan fingerprint density at radius 3 is 2.50 bits per heavy atom. The van der Waals surface area contributed by atoms with Crippen molar-refractivity contribution in [1.29, 1.82) is 0 Å². The van der Waals surface area contributed by atoms with Crippen LogP contribution in [-0.2, 0) is 16.0 Å². The van der Waals surface area contributed by atoms with Gasteiger partial charge in [0, 0.05) is 37.6 Å². The van der Waals surface area contributed by atoms with Crippen molar-refractivity contribution in [3.63, 3.8) is 0 Å². The molecular weight excluding hydrogens is 537 g/mol. The lowest BCUT2D eigenvalue weighted by molar-refractivity contribution is -0.140. The predicted molar refractivity (Wildman–Crippen MR) is 157 cm³/mol. The van der Waals surface area contributed by atoms with Gasteiger partial charge in [-0.1, -0.05) is 18.2 Å². The maximum atomic E-state index is 14.1. The molecule has 2 aromatic carbocycles. The van der Waals surface area contributed by atoms with Crippen LogP contribution in [0.15, 0.2) is 53.3 Å². The molecule has 10 heteroatoms. The van der Waals surface area contributed by atoms with Crippen molar-refractivity contribution >= 4 is 17.7 Å². The zero-order chi connectivity index (χ0) is 30.7. The van der Waals surface area contributed by atoms with E-state index in [2.05, 4.69) is 15.5 Å². The van der Waals surface area contributed by atoms with Gasteiger partial charge in [-0.3, -0.25) is 19.2 Å². The SMILES string of the molecule is CC(=O)N(C)C(C)[C@H]1CC[C@@H](c2cccc(F)c2)N1C(=O)C(C)NC(=O)c1ccc(Cc2cc(C)n[nH]c2=O)c(C)c1. The van der Waals surface area contributed by atoms with Gasteiger partial charge in [-0.2, -0.15) is 5.10 Å². The van der Waals surface area contributed by atoms with Gasteiger partial charge in [-0.05, 0) is 87.6 Å². The normalized spacial score (nSPS) is 17.9. The first-order chi connectivity index (χ1) is 19.9. The van der Waals surface area contributed by atoms with E-state index in [0.29, 0.717) is 41.6 Å². The van der Waals surface area contributed by atoms with Gasteiger partial charge in [0.2, 0.25) is 11.8 Å². The Balaban J connectivity index is 1.54. The summed E-state index contributed by atoms with van der Waals surface area (Å²) in [5.74, 6) is -1.21. The molecule has 1 saturated heterocycles. The van der Waals surface area contributed by atoms with Crippen LogP contribution in [0.5, 0.6) is 0 Å². The summed E-state index contributed by atoms with van der Waals surface area (Å²) in [7, 11) is 1.70. The molecule has 0 bridgehead atoms. The number of benzene rings is 2. The fraction of sp³-hybridized carbons (Fsp3) is 0.406. The first-order valence-corrected chi connectivity index (χ1v) is 14.1. The Kier molecular flexibility index (Phi) is 9.23. The van der Waals surface area contributed by atoms with Crippen molar-refractivity contribution in [2.24, 2.45) is 0 Å². The van der Waals surface area contributed by atoms with Gasteiger partial charge in [0.1, 0.15) is 11.9 Å². The summed E-state index contributed by atoms with van der Waals surface area (Å²) >= 11 is 0. The van der Waals surface area contributed by atoms with Gasteiger partial charge in [-0.25, -0.2) is 9.49 Å². The molecule has 0 aliphatic carbocycles. The number of hydrogen-bond acceptors (Lipinski definition) is 5. The van der Waals surface area contributed by atoms with Gasteiger partial charge < -0.3 is 15.1 Å². The number of nitrogens with zero attached hydrogens (tertiary/aromatic N) is 3. The van der Waals surface area contributed by atoms with Crippen LogP contribution < -0.4 is 10.9 Å². The molecule has 2 unspecified atom stereocenters. The Hall–Kier alpha value is -4.34. The number of aryl methyl sites for hydroxylation is 2. The number of amides is 3. The zero-order valence-corrected chi connectivity index (χ0v) is 24.9. The standard InChI is InChI=1S/C32H38FN5O4/c1-18-14-25(11-10-23(18)16-26-15-19(2)35-36-31(26)41)30(40)34-20(3)32(42)38-28(21(4)37(6)22(5)39)12-13-29(38)24-8-7-9-27(33)17-24/h7-11,14-15,17,20-21,28-29H,12-13,16H2,1-6H3,(H,34,40)(H,36,41)/t20?,21?,28-,29+/m1/s1. The lowest BCUT2D eigenvalue weighted by atomic mass is 9.98. The first kappa shape index (κ1) is 30.6. The minimum absolute atomic E-state index is 0.118. The molecule has 3 aromatic rings. The van der Waals surface area contributed by atoms with Crippen molar-refractivity contribution in [3.05, 3.63) is 98.2 Å². The van der Waals surface area contributed by atoms with E-state index in [1.165, 1.54) is 19.1 Å².